The van der Waals surface area contributed by atoms with Crippen LogP contribution in [0.25, 0.3) is 0 Å². The van der Waals surface area contributed by atoms with Crippen molar-refractivity contribution in [3.63, 3.8) is 0 Å². The van der Waals surface area contributed by atoms with Gasteiger partial charge in [0, 0.05) is 33.3 Å². The number of nitrogens with one attached hydrogen (secondary N) is 1. The van der Waals surface area contributed by atoms with Crippen molar-refractivity contribution in [3.05, 3.63) is 15.6 Å². The molecule has 112 valence electrons. The van der Waals surface area contributed by atoms with Crippen LogP contribution in [-0.4, -0.2) is 61.0 Å². The Hall–Kier alpha value is -1.06. The number of hydrazine groups is 1. The molecule has 0 aromatic carbocycles. The van der Waals surface area contributed by atoms with Crippen LogP contribution in [0.4, 0.5) is 0 Å². The summed E-state index contributed by atoms with van der Waals surface area (Å²) in [5, 5.41) is 0.931. The summed E-state index contributed by atoms with van der Waals surface area (Å²) in [5.41, 5.74) is 2.82. The predicted octanol–water partition coefficient (Wildman–Crippen LogP) is -0.360. The third kappa shape index (κ3) is 3.74. The molecule has 1 aliphatic heterocycles. The first-order chi connectivity index (χ1) is 9.63. The average Bonchev–Trinajstić information content (AvgIpc) is 2.84. The number of likely N-dealkylation sites (N-methyl/N-ethyl adjacent to an activating group) is 1. The van der Waals surface area contributed by atoms with Gasteiger partial charge in [-0.15, -0.1) is 11.3 Å². The topological polar surface area (TPSA) is 83.7 Å². The van der Waals surface area contributed by atoms with Gasteiger partial charge < -0.3 is 9.64 Å². The van der Waals surface area contributed by atoms with Crippen molar-refractivity contribution in [3.8, 4) is 0 Å². The molecule has 1 fully saturated rings. The summed E-state index contributed by atoms with van der Waals surface area (Å²) >= 11 is 1.39. The zero-order chi connectivity index (χ0) is 14.5. The van der Waals surface area contributed by atoms with Gasteiger partial charge in [0.2, 0.25) is 0 Å². The summed E-state index contributed by atoms with van der Waals surface area (Å²) in [4.78, 5) is 21.4. The fraction of sp³-hybridized carbons (Fsp3) is 0.667. The Morgan fingerprint density at radius 2 is 2.15 bits per heavy atom. The maximum atomic E-state index is 11.7. The monoisotopic (exact) mass is 299 g/mol. The van der Waals surface area contributed by atoms with Crippen molar-refractivity contribution in [1.29, 1.82) is 0 Å². The number of carbonyl (C=O) groups excluding carboxylic acids is 1. The number of nitrogen functional groups attached to an aromatic ring is 1. The Morgan fingerprint density at radius 1 is 1.45 bits per heavy atom. The number of amides is 1. The molecule has 0 saturated carbocycles. The van der Waals surface area contributed by atoms with E-state index in [4.69, 9.17) is 10.6 Å². The molecule has 0 spiro atoms. The van der Waals surface area contributed by atoms with Crippen molar-refractivity contribution < 1.29 is 9.53 Å². The molecule has 0 atom stereocenters. The molecular formula is C12H21N5O2S. The molecule has 8 heteroatoms. The van der Waals surface area contributed by atoms with Crippen LogP contribution in [0.1, 0.15) is 20.4 Å². The zero-order valence-electron chi connectivity index (χ0n) is 11.9. The second kappa shape index (κ2) is 7.09. The lowest BCUT2D eigenvalue weighted by atomic mass is 10.3. The first kappa shape index (κ1) is 15.3. The molecule has 1 saturated heterocycles. The van der Waals surface area contributed by atoms with E-state index in [1.54, 1.807) is 7.11 Å². The summed E-state index contributed by atoms with van der Waals surface area (Å²) < 4.78 is 5.08. The molecule has 2 heterocycles. The summed E-state index contributed by atoms with van der Waals surface area (Å²) in [5.74, 6) is 4.89. The van der Waals surface area contributed by atoms with E-state index < -0.39 is 0 Å². The standard InChI is InChI=1S/C12H21N5O2S/c1-16-3-5-17(6-4-16)7-10-14-9(8-19-2)11(20-10)12(18)15-13/h3-8,13H2,1-2H3,(H,15,18). The molecule has 2 rings (SSSR count). The van der Waals surface area contributed by atoms with Crippen LogP contribution < -0.4 is 11.3 Å². The van der Waals surface area contributed by atoms with Gasteiger partial charge in [-0.2, -0.15) is 0 Å². The molecule has 7 nitrogen and oxygen atoms in total. The molecule has 20 heavy (non-hydrogen) atoms. The number of nitrogens with zero attached hydrogens (tertiary/aromatic N) is 3. The average molecular weight is 299 g/mol. The van der Waals surface area contributed by atoms with Crippen molar-refractivity contribution in [1.82, 2.24) is 20.2 Å². The maximum absolute atomic E-state index is 11.7. The summed E-state index contributed by atoms with van der Waals surface area (Å²) in [6, 6.07) is 0. The van der Waals surface area contributed by atoms with Crippen molar-refractivity contribution in [2.24, 2.45) is 5.84 Å². The van der Waals surface area contributed by atoms with Crippen molar-refractivity contribution in [2.75, 3.05) is 40.3 Å². The molecule has 0 unspecified atom stereocenters. The highest BCUT2D eigenvalue weighted by Crippen LogP contribution is 2.21. The van der Waals surface area contributed by atoms with E-state index in [9.17, 15) is 4.79 Å². The Labute approximate surface area is 122 Å². The number of aromatic nitrogens is 1. The number of methoxy groups -OCH3 is 1. The molecule has 0 bridgehead atoms. The Morgan fingerprint density at radius 3 is 2.75 bits per heavy atom. The number of ether oxygens (including phenoxy) is 1. The molecule has 1 amide bonds. The largest absolute Gasteiger partial charge is 0.378 e. The van der Waals surface area contributed by atoms with Gasteiger partial charge in [0.25, 0.3) is 5.91 Å². The SMILES string of the molecule is COCc1nc(CN2CCN(C)CC2)sc1C(=O)NN. The summed E-state index contributed by atoms with van der Waals surface area (Å²) in [6.07, 6.45) is 0. The van der Waals surface area contributed by atoms with Gasteiger partial charge in [0.1, 0.15) is 9.88 Å². The molecular weight excluding hydrogens is 278 g/mol. The number of hydrogen-bond acceptors (Lipinski definition) is 7. The summed E-state index contributed by atoms with van der Waals surface area (Å²) in [7, 11) is 3.71. The minimum absolute atomic E-state index is 0.306. The van der Waals surface area contributed by atoms with Crippen molar-refractivity contribution in [2.45, 2.75) is 13.2 Å². The third-order valence-electron chi connectivity index (χ3n) is 3.31. The quantitative estimate of drug-likeness (QED) is 0.439. The first-order valence-electron chi connectivity index (χ1n) is 6.53. The normalized spacial score (nSPS) is 17.4. The van der Waals surface area contributed by atoms with E-state index >= 15 is 0 Å². The highest BCUT2D eigenvalue weighted by Gasteiger charge is 2.20. The van der Waals surface area contributed by atoms with Crippen LogP contribution in [-0.2, 0) is 17.9 Å². The number of thiazole rings is 1. The van der Waals surface area contributed by atoms with Gasteiger partial charge in [0.15, 0.2) is 0 Å². The lowest BCUT2D eigenvalue weighted by molar-refractivity contribution is 0.0952. The highest BCUT2D eigenvalue weighted by molar-refractivity contribution is 7.13. The molecule has 1 aromatic heterocycles. The Balaban J connectivity index is 2.06. The van der Waals surface area contributed by atoms with Crippen LogP contribution in [0.2, 0.25) is 0 Å². The van der Waals surface area contributed by atoms with Crippen LogP contribution in [0.3, 0.4) is 0 Å². The number of rotatable bonds is 5. The third-order valence-corrected chi connectivity index (χ3v) is 4.40. The van der Waals surface area contributed by atoms with Crippen LogP contribution >= 0.6 is 11.3 Å². The van der Waals surface area contributed by atoms with Crippen molar-refractivity contribution >= 4 is 17.2 Å². The Bertz CT molecular complexity index is 457. The van der Waals surface area contributed by atoms with E-state index in [1.807, 2.05) is 0 Å². The number of carbonyl (C=O) groups is 1. The van der Waals surface area contributed by atoms with E-state index in [2.05, 4.69) is 27.3 Å². The molecule has 1 aromatic rings. The highest BCUT2D eigenvalue weighted by atomic mass is 32.1. The molecule has 0 aliphatic carbocycles. The van der Waals surface area contributed by atoms with E-state index in [1.165, 1.54) is 11.3 Å². The minimum Gasteiger partial charge on any atom is -0.378 e. The minimum atomic E-state index is -0.306. The number of hydrogen-bond donors (Lipinski definition) is 2. The second-order valence-corrected chi connectivity index (χ2v) is 5.95. The smallest absolute Gasteiger partial charge is 0.277 e. The van der Waals surface area contributed by atoms with Crippen LogP contribution in [0.5, 0.6) is 0 Å². The Kier molecular flexibility index (Phi) is 5.44. The molecule has 3 N–H and O–H groups in total. The van der Waals surface area contributed by atoms with Gasteiger partial charge in [0.05, 0.1) is 18.8 Å². The second-order valence-electron chi connectivity index (χ2n) is 4.87. The van der Waals surface area contributed by atoms with E-state index in [0.29, 0.717) is 17.2 Å². The van der Waals surface area contributed by atoms with Gasteiger partial charge in [-0.05, 0) is 7.05 Å². The fourth-order valence-corrected chi connectivity index (χ4v) is 3.16. The fourth-order valence-electron chi connectivity index (χ4n) is 2.14. The lowest BCUT2D eigenvalue weighted by Crippen LogP contribution is -2.43. The number of piperazine rings is 1. The maximum Gasteiger partial charge on any atom is 0.277 e. The van der Waals surface area contributed by atoms with Crippen LogP contribution in [0, 0.1) is 0 Å². The zero-order valence-corrected chi connectivity index (χ0v) is 12.7. The van der Waals surface area contributed by atoms with Gasteiger partial charge >= 0.3 is 0 Å². The van der Waals surface area contributed by atoms with E-state index in [-0.39, 0.29) is 5.91 Å². The first-order valence-corrected chi connectivity index (χ1v) is 7.35. The molecule has 1 aliphatic rings. The summed E-state index contributed by atoms with van der Waals surface area (Å²) in [6.45, 7) is 5.26. The predicted molar refractivity (Wildman–Crippen MR) is 77.3 cm³/mol. The van der Waals surface area contributed by atoms with Gasteiger partial charge in [-0.1, -0.05) is 0 Å². The lowest BCUT2D eigenvalue weighted by Gasteiger charge is -2.31. The van der Waals surface area contributed by atoms with E-state index in [0.717, 1.165) is 37.7 Å². The van der Waals surface area contributed by atoms with Crippen LogP contribution in [0.15, 0.2) is 0 Å². The van der Waals surface area contributed by atoms with Gasteiger partial charge in [-0.3, -0.25) is 15.1 Å². The number of nitrogens with two attached hydrogens (primary N) is 1. The molecule has 0 radical (unpaired) electrons. The van der Waals surface area contributed by atoms with Gasteiger partial charge in [-0.25, -0.2) is 10.8 Å².